The number of sulfone groups is 2. The van der Waals surface area contributed by atoms with E-state index in [9.17, 15) is 22.0 Å². The molecule has 2 aliphatic heterocycles. The molecular formula is C46H60N2O9S2. The molecular weight excluding hydrogens is 789 g/mol. The van der Waals surface area contributed by atoms with Gasteiger partial charge in [0.1, 0.15) is 0 Å². The maximum absolute atomic E-state index is 14.5. The largest absolute Gasteiger partial charge is 0.493 e. The van der Waals surface area contributed by atoms with Gasteiger partial charge in [0.15, 0.2) is 42.7 Å². The maximum atomic E-state index is 14.5. The molecule has 0 spiro atoms. The van der Waals surface area contributed by atoms with E-state index in [-0.39, 0.29) is 33.7 Å². The van der Waals surface area contributed by atoms with Gasteiger partial charge in [-0.05, 0) is 66.5 Å². The van der Waals surface area contributed by atoms with Crippen molar-refractivity contribution in [2.45, 2.75) is 112 Å². The molecule has 2 heterocycles. The Morgan fingerprint density at radius 2 is 1.17 bits per heavy atom. The Hall–Kier alpha value is -4.14. The van der Waals surface area contributed by atoms with Gasteiger partial charge in [0, 0.05) is 17.7 Å². The van der Waals surface area contributed by atoms with Crippen molar-refractivity contribution < 1.29 is 41.0 Å². The molecule has 6 rings (SSSR count). The van der Waals surface area contributed by atoms with Gasteiger partial charge in [0.25, 0.3) is 0 Å². The molecule has 13 heteroatoms. The zero-order chi connectivity index (χ0) is 42.4. The Balaban J connectivity index is 1.36. The summed E-state index contributed by atoms with van der Waals surface area (Å²) in [6.07, 6.45) is 5.78. The van der Waals surface area contributed by atoms with E-state index >= 15 is 0 Å². The average molecular weight is 849 g/mol. The molecule has 0 amide bonds. The number of fused-ring (bicyclic) bond motifs is 2. The molecule has 0 fully saturated rings. The number of nitrogens with one attached hydrogen (secondary N) is 1. The number of methoxy groups -OCH3 is 3. The van der Waals surface area contributed by atoms with Crippen LogP contribution in [-0.2, 0) is 19.7 Å². The number of ether oxygens (including phenoxy) is 4. The van der Waals surface area contributed by atoms with E-state index < -0.39 is 42.8 Å². The molecule has 4 atom stereocenters. The van der Waals surface area contributed by atoms with Crippen molar-refractivity contribution in [2.24, 2.45) is 0 Å². The second kappa shape index (κ2) is 18.6. The molecule has 59 heavy (non-hydrogen) atoms. The molecule has 2 N–H and O–H groups in total. The topological polar surface area (TPSA) is 141 Å². The molecule has 0 saturated carbocycles. The maximum Gasteiger partial charge on any atom is 0.180 e. The predicted molar refractivity (Wildman–Crippen MR) is 230 cm³/mol. The van der Waals surface area contributed by atoms with Crippen LogP contribution in [0, 0.1) is 0 Å². The first-order chi connectivity index (χ1) is 28.3. The second-order valence-electron chi connectivity index (χ2n) is 16.0. The number of benzene rings is 4. The standard InChI is InChI=1S/C46H60N2O9S2/c1-7-10-23-45(31-58(50,51)41-29-38(55-5)37(54-4)27-35(41)43(47-45)33-19-14-12-15-20-33)24-18-26-57-40-28-36-42(30-39(40)56-6)59(52,53)32-46(9-3,25-11-8-2)48(49)44(36)34-21-16-13-17-22-34/h12-17,19-22,27-30,43-44,47,49H,7-11,18,23-26,31-32H2,1-6H3/t43-,44-,45-,46+/m1/s1. The van der Waals surface area contributed by atoms with Gasteiger partial charge in [-0.15, -0.1) is 0 Å². The Bertz CT molecular complexity index is 2270. The first kappa shape index (κ1) is 44.4. The molecule has 0 aromatic heterocycles. The minimum Gasteiger partial charge on any atom is -0.493 e. The van der Waals surface area contributed by atoms with Crippen molar-refractivity contribution in [1.29, 1.82) is 0 Å². The van der Waals surface area contributed by atoms with Crippen molar-refractivity contribution >= 4 is 19.7 Å². The van der Waals surface area contributed by atoms with Crippen molar-refractivity contribution in [2.75, 3.05) is 39.4 Å². The van der Waals surface area contributed by atoms with Crippen molar-refractivity contribution in [3.05, 3.63) is 107 Å². The first-order valence-electron chi connectivity index (χ1n) is 20.7. The Morgan fingerprint density at radius 3 is 1.76 bits per heavy atom. The van der Waals surface area contributed by atoms with Crippen LogP contribution in [-0.4, -0.2) is 77.6 Å². The molecule has 0 unspecified atom stereocenters. The molecule has 0 saturated heterocycles. The van der Waals surface area contributed by atoms with Crippen LogP contribution in [0.2, 0.25) is 0 Å². The van der Waals surface area contributed by atoms with Crippen LogP contribution in [0.15, 0.2) is 94.7 Å². The van der Waals surface area contributed by atoms with E-state index in [4.69, 9.17) is 18.9 Å². The minimum atomic E-state index is -3.90. The smallest absolute Gasteiger partial charge is 0.180 e. The summed E-state index contributed by atoms with van der Waals surface area (Å²) < 4.78 is 81.2. The molecule has 0 aliphatic carbocycles. The molecule has 0 radical (unpaired) electrons. The number of unbranched alkanes of at least 4 members (excludes halogenated alkanes) is 2. The van der Waals surface area contributed by atoms with Gasteiger partial charge < -0.3 is 24.2 Å². The summed E-state index contributed by atoms with van der Waals surface area (Å²) in [5.74, 6) is 1.02. The van der Waals surface area contributed by atoms with Crippen LogP contribution in [0.5, 0.6) is 23.0 Å². The van der Waals surface area contributed by atoms with E-state index in [1.165, 1.54) is 32.5 Å². The van der Waals surface area contributed by atoms with Gasteiger partial charge in [-0.3, -0.25) is 5.32 Å². The fourth-order valence-corrected chi connectivity index (χ4v) is 13.2. The first-order valence-corrected chi connectivity index (χ1v) is 24.0. The van der Waals surface area contributed by atoms with Gasteiger partial charge in [0.05, 0.1) is 66.9 Å². The molecule has 2 aliphatic rings. The molecule has 11 nitrogen and oxygen atoms in total. The predicted octanol–water partition coefficient (Wildman–Crippen LogP) is 8.87. The number of hydrogen-bond acceptors (Lipinski definition) is 11. The highest BCUT2D eigenvalue weighted by atomic mass is 32.2. The van der Waals surface area contributed by atoms with Crippen LogP contribution >= 0.6 is 0 Å². The fourth-order valence-electron chi connectivity index (χ4n) is 8.97. The lowest BCUT2D eigenvalue weighted by atomic mass is 9.86. The lowest BCUT2D eigenvalue weighted by Crippen LogP contribution is -2.51. The summed E-state index contributed by atoms with van der Waals surface area (Å²) in [4.78, 5) is 0.316. The van der Waals surface area contributed by atoms with Crippen LogP contribution in [0.4, 0.5) is 0 Å². The van der Waals surface area contributed by atoms with E-state index in [1.54, 1.807) is 18.2 Å². The third-order valence-electron chi connectivity index (χ3n) is 12.2. The summed E-state index contributed by atoms with van der Waals surface area (Å²) in [6.45, 7) is 6.27. The van der Waals surface area contributed by atoms with Crippen molar-refractivity contribution in [3.8, 4) is 23.0 Å². The van der Waals surface area contributed by atoms with Crippen LogP contribution in [0.25, 0.3) is 0 Å². The van der Waals surface area contributed by atoms with E-state index in [2.05, 4.69) is 19.2 Å². The van der Waals surface area contributed by atoms with E-state index in [1.807, 2.05) is 67.6 Å². The SMILES string of the molecule is CCCC[C@@]1(CCCOc2cc3c(cc2OC)S(=O)(=O)C[C@](CC)(CCCC)N(O)[C@@H]3c2ccccc2)CS(=O)(=O)c2cc(OC)c(OC)cc2[C@@H](c2ccccc2)N1. The molecule has 0 bridgehead atoms. The normalized spacial score (nSPS) is 23.6. The molecule has 4 aromatic carbocycles. The zero-order valence-corrected chi connectivity index (χ0v) is 36.8. The zero-order valence-electron chi connectivity index (χ0n) is 35.2. The van der Waals surface area contributed by atoms with Crippen molar-refractivity contribution in [1.82, 2.24) is 10.4 Å². The summed E-state index contributed by atoms with van der Waals surface area (Å²) in [5, 5.41) is 17.4. The number of hydroxylamine groups is 2. The fraction of sp³-hybridized carbons (Fsp3) is 0.478. The summed E-state index contributed by atoms with van der Waals surface area (Å²) >= 11 is 0. The second-order valence-corrected chi connectivity index (χ2v) is 19.9. The monoisotopic (exact) mass is 848 g/mol. The van der Waals surface area contributed by atoms with Crippen LogP contribution in [0.1, 0.15) is 113 Å². The Kier molecular flexibility index (Phi) is 14.0. The third kappa shape index (κ3) is 9.14. The van der Waals surface area contributed by atoms with E-state index in [0.717, 1.165) is 36.8 Å². The lowest BCUT2D eigenvalue weighted by molar-refractivity contribution is -0.193. The summed E-state index contributed by atoms with van der Waals surface area (Å²) in [6, 6.07) is 24.6. The minimum absolute atomic E-state index is 0.104. The summed E-state index contributed by atoms with van der Waals surface area (Å²) in [7, 11) is -3.22. The summed E-state index contributed by atoms with van der Waals surface area (Å²) in [5.41, 5.74) is 0.832. The number of nitrogens with zero attached hydrogens (tertiary/aromatic N) is 1. The Labute approximate surface area is 350 Å². The van der Waals surface area contributed by atoms with Gasteiger partial charge >= 0.3 is 0 Å². The highest BCUT2D eigenvalue weighted by molar-refractivity contribution is 7.91. The average Bonchev–Trinajstić information content (AvgIpc) is 3.38. The lowest BCUT2D eigenvalue weighted by Gasteiger charge is -2.42. The van der Waals surface area contributed by atoms with Crippen molar-refractivity contribution in [3.63, 3.8) is 0 Å². The quantitative estimate of drug-likeness (QED) is 0.0985. The van der Waals surface area contributed by atoms with Gasteiger partial charge in [-0.1, -0.05) is 107 Å². The van der Waals surface area contributed by atoms with E-state index in [0.29, 0.717) is 60.5 Å². The van der Waals surface area contributed by atoms with Gasteiger partial charge in [0.2, 0.25) is 0 Å². The Morgan fingerprint density at radius 1 is 0.661 bits per heavy atom. The molecule has 320 valence electrons. The van der Waals surface area contributed by atoms with Gasteiger partial charge in [-0.25, -0.2) is 16.8 Å². The van der Waals surface area contributed by atoms with Gasteiger partial charge in [-0.2, -0.15) is 5.06 Å². The number of hydrogen-bond donors (Lipinski definition) is 2. The third-order valence-corrected chi connectivity index (χ3v) is 16.1. The highest BCUT2D eigenvalue weighted by Gasteiger charge is 2.48. The highest BCUT2D eigenvalue weighted by Crippen LogP contribution is 2.48. The van der Waals surface area contributed by atoms with Crippen LogP contribution in [0.3, 0.4) is 0 Å². The van der Waals surface area contributed by atoms with Crippen LogP contribution < -0.4 is 24.3 Å². The number of rotatable bonds is 17. The molecule has 4 aromatic rings.